The minimum atomic E-state index is -0.0547. The molecule has 0 saturated carbocycles. The Morgan fingerprint density at radius 1 is 1.21 bits per heavy atom. The van der Waals surface area contributed by atoms with Crippen LogP contribution in [-0.2, 0) is 6.42 Å². The highest BCUT2D eigenvalue weighted by Crippen LogP contribution is 2.19. The maximum Gasteiger partial charge on any atom is 0.289 e. The third-order valence-electron chi connectivity index (χ3n) is 4.98. The fourth-order valence-corrected chi connectivity index (χ4v) is 3.35. The number of rotatable bonds is 5. The van der Waals surface area contributed by atoms with Crippen LogP contribution in [0.25, 0.3) is 0 Å². The molecule has 1 N–H and O–H groups in total. The number of methoxy groups -OCH3 is 1. The minimum Gasteiger partial charge on any atom is -0.496 e. The van der Waals surface area contributed by atoms with Gasteiger partial charge in [0.25, 0.3) is 5.91 Å². The van der Waals surface area contributed by atoms with Crippen molar-refractivity contribution in [2.45, 2.75) is 13.3 Å². The van der Waals surface area contributed by atoms with Crippen molar-refractivity contribution < 1.29 is 13.9 Å². The lowest BCUT2D eigenvalue weighted by Gasteiger charge is -2.36. The summed E-state index contributed by atoms with van der Waals surface area (Å²) in [4.78, 5) is 20.8. The first kappa shape index (κ1) is 23.1. The number of benzene rings is 1. The lowest BCUT2D eigenvalue weighted by Crippen LogP contribution is -2.54. The summed E-state index contributed by atoms with van der Waals surface area (Å²) in [6.45, 7) is 5.60. The van der Waals surface area contributed by atoms with E-state index in [2.05, 4.69) is 33.4 Å². The number of nitrogens with zero attached hydrogens (tertiary/aromatic N) is 3. The number of hydrogen-bond donors (Lipinski definition) is 1. The molecule has 1 aromatic heterocycles. The van der Waals surface area contributed by atoms with Gasteiger partial charge < -0.3 is 24.3 Å². The summed E-state index contributed by atoms with van der Waals surface area (Å²) in [6, 6.07) is 9.73. The Morgan fingerprint density at radius 3 is 2.55 bits per heavy atom. The molecule has 0 unspecified atom stereocenters. The van der Waals surface area contributed by atoms with Gasteiger partial charge in [0.2, 0.25) is 0 Å². The number of ether oxygens (including phenoxy) is 1. The van der Waals surface area contributed by atoms with E-state index in [4.69, 9.17) is 9.15 Å². The maximum atomic E-state index is 12.4. The van der Waals surface area contributed by atoms with Crippen LogP contribution in [0.1, 0.15) is 21.7 Å². The number of amides is 1. The standard InChI is InChI=1S/C21H28N4O3.HI/c1-16-6-7-17(15-19(16)27-3)8-9-23-21(22-2)25-12-10-24(11-13-25)20(26)18-5-4-14-28-18;/h4-7,14-15H,8-13H2,1-3H3,(H,22,23);1H. The molecular formula is C21H29IN4O3. The zero-order valence-electron chi connectivity index (χ0n) is 17.2. The molecular weight excluding hydrogens is 483 g/mol. The molecule has 3 rings (SSSR count). The number of piperazine rings is 1. The molecule has 0 spiro atoms. The van der Waals surface area contributed by atoms with E-state index in [0.717, 1.165) is 43.3 Å². The van der Waals surface area contributed by atoms with E-state index in [1.165, 1.54) is 11.8 Å². The van der Waals surface area contributed by atoms with Crippen molar-refractivity contribution in [2.24, 2.45) is 4.99 Å². The molecule has 158 valence electrons. The predicted molar refractivity (Wildman–Crippen MR) is 124 cm³/mol. The zero-order chi connectivity index (χ0) is 19.9. The second-order valence-electron chi connectivity index (χ2n) is 6.78. The molecule has 2 aromatic rings. The van der Waals surface area contributed by atoms with Crippen LogP contribution in [0, 0.1) is 6.92 Å². The van der Waals surface area contributed by atoms with Gasteiger partial charge in [-0.1, -0.05) is 12.1 Å². The van der Waals surface area contributed by atoms with Gasteiger partial charge in [-0.15, -0.1) is 24.0 Å². The van der Waals surface area contributed by atoms with E-state index < -0.39 is 0 Å². The summed E-state index contributed by atoms with van der Waals surface area (Å²) < 4.78 is 10.6. The van der Waals surface area contributed by atoms with Crippen molar-refractivity contribution in [2.75, 3.05) is 46.9 Å². The number of carbonyl (C=O) groups is 1. The summed E-state index contributed by atoms with van der Waals surface area (Å²) >= 11 is 0. The predicted octanol–water partition coefficient (Wildman–Crippen LogP) is 2.79. The summed E-state index contributed by atoms with van der Waals surface area (Å²) in [6.07, 6.45) is 2.41. The average molecular weight is 512 g/mol. The molecule has 2 heterocycles. The van der Waals surface area contributed by atoms with Crippen molar-refractivity contribution in [3.63, 3.8) is 0 Å². The Morgan fingerprint density at radius 2 is 1.93 bits per heavy atom. The van der Waals surface area contributed by atoms with Gasteiger partial charge in [-0.2, -0.15) is 0 Å². The lowest BCUT2D eigenvalue weighted by atomic mass is 10.1. The first-order valence-corrected chi connectivity index (χ1v) is 9.54. The average Bonchev–Trinajstić information content (AvgIpc) is 3.27. The summed E-state index contributed by atoms with van der Waals surface area (Å²) in [5.74, 6) is 2.12. The number of hydrogen-bond acceptors (Lipinski definition) is 4. The fourth-order valence-electron chi connectivity index (χ4n) is 3.35. The van der Waals surface area contributed by atoms with E-state index in [1.54, 1.807) is 26.3 Å². The van der Waals surface area contributed by atoms with E-state index in [1.807, 2.05) is 11.8 Å². The summed E-state index contributed by atoms with van der Waals surface area (Å²) in [5, 5.41) is 3.42. The molecule has 7 nitrogen and oxygen atoms in total. The van der Waals surface area contributed by atoms with Gasteiger partial charge >= 0.3 is 0 Å². The number of aliphatic imine (C=N–C) groups is 1. The van der Waals surface area contributed by atoms with E-state index in [9.17, 15) is 4.79 Å². The lowest BCUT2D eigenvalue weighted by molar-refractivity contribution is 0.0658. The Labute approximate surface area is 189 Å². The number of aryl methyl sites for hydroxylation is 1. The topological polar surface area (TPSA) is 70.3 Å². The highest BCUT2D eigenvalue weighted by molar-refractivity contribution is 14.0. The molecule has 1 aliphatic heterocycles. The van der Waals surface area contributed by atoms with E-state index in [-0.39, 0.29) is 29.9 Å². The van der Waals surface area contributed by atoms with Crippen molar-refractivity contribution in [3.05, 3.63) is 53.5 Å². The van der Waals surface area contributed by atoms with Gasteiger partial charge in [-0.05, 0) is 42.7 Å². The zero-order valence-corrected chi connectivity index (χ0v) is 19.5. The monoisotopic (exact) mass is 512 g/mol. The van der Waals surface area contributed by atoms with Gasteiger partial charge in [0.05, 0.1) is 13.4 Å². The normalized spacial score (nSPS) is 14.4. The van der Waals surface area contributed by atoms with E-state index >= 15 is 0 Å². The van der Waals surface area contributed by atoms with Crippen LogP contribution in [0.15, 0.2) is 46.0 Å². The molecule has 0 aliphatic carbocycles. The molecule has 0 atom stereocenters. The van der Waals surface area contributed by atoms with Gasteiger partial charge in [0.1, 0.15) is 5.75 Å². The van der Waals surface area contributed by atoms with Crippen molar-refractivity contribution >= 4 is 35.8 Å². The van der Waals surface area contributed by atoms with Crippen molar-refractivity contribution in [1.29, 1.82) is 0 Å². The van der Waals surface area contributed by atoms with Crippen LogP contribution >= 0.6 is 24.0 Å². The molecule has 0 radical (unpaired) electrons. The quantitative estimate of drug-likeness (QED) is 0.379. The first-order valence-electron chi connectivity index (χ1n) is 9.54. The first-order chi connectivity index (χ1) is 13.6. The van der Waals surface area contributed by atoms with Crippen LogP contribution in [0.2, 0.25) is 0 Å². The largest absolute Gasteiger partial charge is 0.496 e. The van der Waals surface area contributed by atoms with Crippen molar-refractivity contribution in [3.8, 4) is 5.75 Å². The second-order valence-corrected chi connectivity index (χ2v) is 6.78. The van der Waals surface area contributed by atoms with E-state index in [0.29, 0.717) is 18.8 Å². The van der Waals surface area contributed by atoms with Crippen LogP contribution < -0.4 is 10.1 Å². The van der Waals surface area contributed by atoms with Gasteiger partial charge in [-0.3, -0.25) is 9.79 Å². The van der Waals surface area contributed by atoms with Crippen LogP contribution in [0.3, 0.4) is 0 Å². The molecule has 1 aromatic carbocycles. The van der Waals surface area contributed by atoms with Gasteiger partial charge in [-0.25, -0.2) is 0 Å². The number of furan rings is 1. The highest BCUT2D eigenvalue weighted by atomic mass is 127. The van der Waals surface area contributed by atoms with Gasteiger partial charge in [0.15, 0.2) is 11.7 Å². The fraction of sp³-hybridized carbons (Fsp3) is 0.429. The smallest absolute Gasteiger partial charge is 0.289 e. The Bertz CT molecular complexity index is 815. The van der Waals surface area contributed by atoms with Crippen LogP contribution in [0.4, 0.5) is 0 Å². The third kappa shape index (κ3) is 5.88. The third-order valence-corrected chi connectivity index (χ3v) is 4.98. The molecule has 29 heavy (non-hydrogen) atoms. The number of halogens is 1. The molecule has 0 bridgehead atoms. The summed E-state index contributed by atoms with van der Waals surface area (Å²) in [5.41, 5.74) is 2.36. The summed E-state index contributed by atoms with van der Waals surface area (Å²) in [7, 11) is 3.49. The molecule has 1 saturated heterocycles. The second kappa shape index (κ2) is 11.1. The maximum absolute atomic E-state index is 12.4. The Balaban J connectivity index is 0.00000300. The number of nitrogens with one attached hydrogen (secondary N) is 1. The molecule has 1 fully saturated rings. The molecule has 1 amide bonds. The van der Waals surface area contributed by atoms with Crippen LogP contribution in [-0.4, -0.2) is 68.5 Å². The van der Waals surface area contributed by atoms with Crippen LogP contribution in [0.5, 0.6) is 5.75 Å². The van der Waals surface area contributed by atoms with Gasteiger partial charge in [0, 0.05) is 39.8 Å². The molecule has 1 aliphatic rings. The number of guanidine groups is 1. The van der Waals surface area contributed by atoms with Crippen molar-refractivity contribution in [1.82, 2.24) is 15.1 Å². The Hall–Kier alpha value is -2.23. The minimum absolute atomic E-state index is 0. The SMILES string of the molecule is CN=C(NCCc1ccc(C)c(OC)c1)N1CCN(C(=O)c2ccco2)CC1.I. The molecule has 8 heteroatoms. The number of carbonyl (C=O) groups excluding carboxylic acids is 1. The highest BCUT2D eigenvalue weighted by Gasteiger charge is 2.25. The Kier molecular flexibility index (Phi) is 8.81.